The van der Waals surface area contributed by atoms with E-state index < -0.39 is 17.4 Å². The molecule has 29 heavy (non-hydrogen) atoms. The van der Waals surface area contributed by atoms with Crippen LogP contribution in [-0.4, -0.2) is 46.7 Å². The summed E-state index contributed by atoms with van der Waals surface area (Å²) in [5, 5.41) is 6.53. The molecule has 0 radical (unpaired) electrons. The minimum absolute atomic E-state index is 0.000273. The van der Waals surface area contributed by atoms with Crippen LogP contribution in [0, 0.1) is 18.8 Å². The number of thioether (sulfide) groups is 1. The normalized spacial score (nSPS) is 33.7. The molecule has 3 heterocycles. The van der Waals surface area contributed by atoms with E-state index in [1.807, 2.05) is 31.4 Å². The van der Waals surface area contributed by atoms with Crippen molar-refractivity contribution in [1.82, 2.24) is 10.2 Å². The van der Waals surface area contributed by atoms with Crippen molar-refractivity contribution in [2.75, 3.05) is 17.3 Å². The number of benzene rings is 1. The maximum atomic E-state index is 13.7. The first-order valence-electron chi connectivity index (χ1n) is 10.6. The maximum Gasteiger partial charge on any atom is 0.250 e. The highest BCUT2D eigenvalue weighted by atomic mass is 32.2. The summed E-state index contributed by atoms with van der Waals surface area (Å²) < 4.78 is 0. The van der Waals surface area contributed by atoms with Gasteiger partial charge in [0.15, 0.2) is 0 Å². The molecule has 1 aromatic rings. The zero-order valence-corrected chi connectivity index (χ0v) is 17.7. The van der Waals surface area contributed by atoms with E-state index in [2.05, 4.69) is 10.6 Å². The van der Waals surface area contributed by atoms with Gasteiger partial charge in [0.25, 0.3) is 0 Å². The minimum atomic E-state index is -1.14. The van der Waals surface area contributed by atoms with Gasteiger partial charge in [0, 0.05) is 23.3 Å². The Balaban J connectivity index is 1.63. The average Bonchev–Trinajstić information content (AvgIpc) is 3.44. The Bertz CT molecular complexity index is 897. The number of nitrogens with one attached hydrogen (secondary N) is 2. The Hall–Kier alpha value is -1.86. The molecule has 3 amide bonds. The van der Waals surface area contributed by atoms with Crippen LogP contribution in [0.5, 0.6) is 0 Å². The number of carbonyl (C=O) groups is 3. The molecule has 154 valence electrons. The van der Waals surface area contributed by atoms with E-state index in [9.17, 15) is 14.4 Å². The number of carbonyl (C=O) groups excluding carboxylic acids is 3. The Morgan fingerprint density at radius 3 is 2.66 bits per heavy atom. The van der Waals surface area contributed by atoms with Gasteiger partial charge in [0.2, 0.25) is 17.7 Å². The second kappa shape index (κ2) is 6.84. The minimum Gasteiger partial charge on any atom is -0.324 e. The maximum absolute atomic E-state index is 13.7. The first-order chi connectivity index (χ1) is 14.0. The van der Waals surface area contributed by atoms with Gasteiger partial charge in [-0.15, -0.1) is 0 Å². The summed E-state index contributed by atoms with van der Waals surface area (Å²) >= 11 is 1.72. The van der Waals surface area contributed by atoms with Crippen LogP contribution in [0.4, 0.5) is 5.69 Å². The molecule has 4 aliphatic rings. The molecule has 1 saturated carbocycles. The van der Waals surface area contributed by atoms with Crippen molar-refractivity contribution >= 4 is 35.2 Å². The molecule has 6 nitrogen and oxygen atoms in total. The molecule has 0 aromatic heterocycles. The fourth-order valence-corrected chi connectivity index (χ4v) is 6.50. The second-order valence-electron chi connectivity index (χ2n) is 8.78. The monoisotopic (exact) mass is 413 g/mol. The number of aryl methyl sites for hydroxylation is 1. The van der Waals surface area contributed by atoms with Crippen molar-refractivity contribution in [3.63, 3.8) is 0 Å². The van der Waals surface area contributed by atoms with Crippen molar-refractivity contribution in [3.8, 4) is 0 Å². The first kappa shape index (κ1) is 19.1. The number of amides is 3. The molecule has 7 heteroatoms. The average molecular weight is 414 g/mol. The molecule has 0 bridgehead atoms. The summed E-state index contributed by atoms with van der Waals surface area (Å²) in [6, 6.07) is 5.64. The highest BCUT2D eigenvalue weighted by Crippen LogP contribution is 2.54. The number of nitrogens with zero attached hydrogens (tertiary/aromatic N) is 1. The fraction of sp³-hybridized carbons (Fsp3) is 0.591. The van der Waals surface area contributed by atoms with E-state index in [4.69, 9.17) is 0 Å². The van der Waals surface area contributed by atoms with Gasteiger partial charge < -0.3 is 5.32 Å². The summed E-state index contributed by atoms with van der Waals surface area (Å²) in [6.07, 6.45) is 6.67. The summed E-state index contributed by atoms with van der Waals surface area (Å²) in [6.45, 7) is 1.96. The summed E-state index contributed by atoms with van der Waals surface area (Å²) in [4.78, 5) is 42.1. The van der Waals surface area contributed by atoms with Gasteiger partial charge in [-0.2, -0.15) is 11.8 Å². The summed E-state index contributed by atoms with van der Waals surface area (Å²) in [5.41, 5.74) is 1.44. The zero-order chi connectivity index (χ0) is 20.3. The number of likely N-dealkylation sites (tertiary alicyclic amines) is 1. The predicted octanol–water partition coefficient (Wildman–Crippen LogP) is 2.41. The molecule has 0 unspecified atom stereocenters. The molecule has 2 N–H and O–H groups in total. The van der Waals surface area contributed by atoms with Crippen molar-refractivity contribution in [2.24, 2.45) is 11.8 Å². The summed E-state index contributed by atoms with van der Waals surface area (Å²) in [5.74, 6) is -0.674. The van der Waals surface area contributed by atoms with Crippen molar-refractivity contribution in [2.45, 2.75) is 56.7 Å². The third-order valence-electron chi connectivity index (χ3n) is 7.32. The van der Waals surface area contributed by atoms with Crippen LogP contribution in [0.3, 0.4) is 0 Å². The third kappa shape index (κ3) is 2.49. The molecule has 1 aromatic carbocycles. The Morgan fingerprint density at radius 2 is 1.93 bits per heavy atom. The number of rotatable bonds is 4. The van der Waals surface area contributed by atoms with Crippen molar-refractivity contribution < 1.29 is 14.4 Å². The van der Waals surface area contributed by atoms with Crippen LogP contribution in [0.15, 0.2) is 18.2 Å². The second-order valence-corrected chi connectivity index (χ2v) is 9.77. The number of para-hydroxylation sites is 1. The van der Waals surface area contributed by atoms with E-state index in [0.717, 1.165) is 54.7 Å². The molecule has 3 fully saturated rings. The first-order valence-corrected chi connectivity index (χ1v) is 11.9. The number of imide groups is 1. The van der Waals surface area contributed by atoms with Crippen LogP contribution >= 0.6 is 11.8 Å². The zero-order valence-electron chi connectivity index (χ0n) is 16.9. The lowest BCUT2D eigenvalue weighted by molar-refractivity contribution is -0.145. The number of hydrogen-bond acceptors (Lipinski definition) is 5. The largest absolute Gasteiger partial charge is 0.324 e. The molecular formula is C22H27N3O3S. The van der Waals surface area contributed by atoms with E-state index in [-0.39, 0.29) is 29.8 Å². The van der Waals surface area contributed by atoms with Crippen LogP contribution in [0.25, 0.3) is 0 Å². The number of fused-ring (bicyclic) bond motifs is 4. The topological polar surface area (TPSA) is 78.5 Å². The summed E-state index contributed by atoms with van der Waals surface area (Å²) in [7, 11) is 0. The quantitative estimate of drug-likeness (QED) is 0.741. The van der Waals surface area contributed by atoms with Gasteiger partial charge in [-0.3, -0.25) is 24.6 Å². The van der Waals surface area contributed by atoms with Crippen molar-refractivity contribution in [1.29, 1.82) is 0 Å². The molecule has 2 saturated heterocycles. The fourth-order valence-electron chi connectivity index (χ4n) is 6.01. The molecular weight excluding hydrogens is 386 g/mol. The van der Waals surface area contributed by atoms with Crippen molar-refractivity contribution in [3.05, 3.63) is 29.3 Å². The highest BCUT2D eigenvalue weighted by Gasteiger charge is 2.70. The van der Waals surface area contributed by atoms with Gasteiger partial charge in [-0.25, -0.2) is 0 Å². The van der Waals surface area contributed by atoms with Crippen LogP contribution in [-0.2, 0) is 19.9 Å². The Morgan fingerprint density at radius 1 is 1.17 bits per heavy atom. The van der Waals surface area contributed by atoms with Crippen LogP contribution in [0.1, 0.15) is 43.2 Å². The van der Waals surface area contributed by atoms with E-state index >= 15 is 0 Å². The predicted molar refractivity (Wildman–Crippen MR) is 112 cm³/mol. The van der Waals surface area contributed by atoms with Gasteiger partial charge in [0.05, 0.1) is 11.8 Å². The Kier molecular flexibility index (Phi) is 4.51. The molecule has 1 spiro atoms. The SMILES string of the molecule is CSCC[C@@H]1N[C@]2(C(=O)Nc3c(C)cccc32)[C@H]2C(=O)N(C3CCCC3)C(=O)[C@H]12. The molecule has 1 aliphatic carbocycles. The smallest absolute Gasteiger partial charge is 0.250 e. The number of anilines is 1. The number of hydrogen-bond donors (Lipinski definition) is 2. The van der Waals surface area contributed by atoms with Crippen LogP contribution < -0.4 is 10.6 Å². The van der Waals surface area contributed by atoms with E-state index in [0.29, 0.717) is 0 Å². The lowest BCUT2D eigenvalue weighted by Gasteiger charge is -2.31. The van der Waals surface area contributed by atoms with Crippen LogP contribution in [0.2, 0.25) is 0 Å². The van der Waals surface area contributed by atoms with Gasteiger partial charge in [0.1, 0.15) is 5.54 Å². The van der Waals surface area contributed by atoms with Gasteiger partial charge >= 0.3 is 0 Å². The van der Waals surface area contributed by atoms with Gasteiger partial charge in [-0.05, 0) is 43.8 Å². The molecule has 5 rings (SSSR count). The van der Waals surface area contributed by atoms with E-state index in [1.54, 1.807) is 11.8 Å². The molecule has 3 aliphatic heterocycles. The standard InChI is InChI=1S/C22H27N3O3S/c1-12-6-5-9-14-18(12)23-21(28)22(14)17-16(15(24-22)10-11-29-2)19(26)25(20(17)27)13-7-3-4-8-13/h5-6,9,13,15-17,24H,3-4,7-8,10-11H2,1-2H3,(H,23,28)/t15-,16+,17+,22-/m0/s1. The Labute approximate surface area is 175 Å². The lowest BCUT2D eigenvalue weighted by atomic mass is 9.76. The van der Waals surface area contributed by atoms with E-state index in [1.165, 1.54) is 4.90 Å². The highest BCUT2D eigenvalue weighted by molar-refractivity contribution is 7.98. The lowest BCUT2D eigenvalue weighted by Crippen LogP contribution is -2.54. The van der Waals surface area contributed by atoms with Gasteiger partial charge in [-0.1, -0.05) is 31.0 Å². The molecule has 4 atom stereocenters. The third-order valence-corrected chi connectivity index (χ3v) is 7.96.